The topological polar surface area (TPSA) is 68.3 Å². The molecule has 0 unspecified atom stereocenters. The van der Waals surface area contributed by atoms with Gasteiger partial charge in [0.2, 0.25) is 0 Å². The molecule has 0 spiro atoms. The minimum absolute atomic E-state index is 0.314. The second-order valence-corrected chi connectivity index (χ2v) is 4.25. The van der Waals surface area contributed by atoms with Crippen molar-refractivity contribution in [2.24, 2.45) is 5.73 Å². The Balaban J connectivity index is 2.20. The van der Waals surface area contributed by atoms with Crippen molar-refractivity contribution < 1.29 is 9.47 Å². The molecule has 2 aromatic carbocycles. The normalized spacial score (nSPS) is 9.85. The van der Waals surface area contributed by atoms with Gasteiger partial charge in [0.25, 0.3) is 0 Å². The van der Waals surface area contributed by atoms with Crippen LogP contribution in [-0.2, 0) is 13.2 Å². The Labute approximate surface area is 118 Å². The van der Waals surface area contributed by atoms with Crippen LogP contribution in [-0.4, -0.2) is 7.11 Å². The van der Waals surface area contributed by atoms with Gasteiger partial charge in [0, 0.05) is 12.1 Å². The van der Waals surface area contributed by atoms with Crippen molar-refractivity contribution in [1.82, 2.24) is 0 Å². The smallest absolute Gasteiger partial charge is 0.161 e. The summed E-state index contributed by atoms with van der Waals surface area (Å²) in [6, 6.07) is 15.1. The average molecular weight is 268 g/mol. The summed E-state index contributed by atoms with van der Waals surface area (Å²) in [7, 11) is 1.59. The van der Waals surface area contributed by atoms with Crippen LogP contribution >= 0.6 is 0 Å². The number of methoxy groups -OCH3 is 1. The van der Waals surface area contributed by atoms with Gasteiger partial charge in [-0.1, -0.05) is 24.3 Å². The third-order valence-corrected chi connectivity index (χ3v) is 2.98. The highest BCUT2D eigenvalue weighted by atomic mass is 16.5. The minimum atomic E-state index is 0.314. The second kappa shape index (κ2) is 6.60. The molecule has 4 heteroatoms. The van der Waals surface area contributed by atoms with Crippen LogP contribution in [0.1, 0.15) is 16.7 Å². The van der Waals surface area contributed by atoms with Crippen LogP contribution in [0.4, 0.5) is 0 Å². The highest BCUT2D eigenvalue weighted by Crippen LogP contribution is 2.29. The summed E-state index contributed by atoms with van der Waals surface area (Å²) in [6.45, 7) is 0.753. The van der Waals surface area contributed by atoms with Gasteiger partial charge in [0.1, 0.15) is 6.61 Å². The van der Waals surface area contributed by atoms with Gasteiger partial charge in [-0.2, -0.15) is 5.26 Å². The lowest BCUT2D eigenvalue weighted by Gasteiger charge is -2.12. The van der Waals surface area contributed by atoms with Gasteiger partial charge in [-0.25, -0.2) is 0 Å². The molecule has 0 aliphatic rings. The van der Waals surface area contributed by atoms with Crippen LogP contribution in [0.2, 0.25) is 0 Å². The van der Waals surface area contributed by atoms with Crippen molar-refractivity contribution in [1.29, 1.82) is 5.26 Å². The standard InChI is InChI=1S/C16H16N2O2/c1-19-15-7-6-12(9-17)8-16(15)20-11-14-5-3-2-4-13(14)10-18/h2-8H,9,11,17H2,1H3. The number of nitrogens with zero attached hydrogens (tertiary/aromatic N) is 1. The molecule has 0 amide bonds. The lowest BCUT2D eigenvalue weighted by atomic mass is 10.1. The van der Waals surface area contributed by atoms with Crippen LogP contribution in [0.5, 0.6) is 11.5 Å². The summed E-state index contributed by atoms with van der Waals surface area (Å²) >= 11 is 0. The van der Waals surface area contributed by atoms with Gasteiger partial charge in [-0.3, -0.25) is 0 Å². The summed E-state index contributed by atoms with van der Waals surface area (Å²) < 4.78 is 11.0. The fraction of sp³-hybridized carbons (Fsp3) is 0.188. The fourth-order valence-corrected chi connectivity index (χ4v) is 1.87. The van der Waals surface area contributed by atoms with E-state index in [9.17, 15) is 0 Å². The summed E-state index contributed by atoms with van der Waals surface area (Å²) in [5.41, 5.74) is 8.05. The molecule has 2 aromatic rings. The maximum Gasteiger partial charge on any atom is 0.161 e. The first-order valence-electron chi connectivity index (χ1n) is 6.26. The van der Waals surface area contributed by atoms with Crippen LogP contribution < -0.4 is 15.2 Å². The summed E-state index contributed by atoms with van der Waals surface area (Å²) in [5.74, 6) is 1.28. The molecule has 0 heterocycles. The van der Waals surface area contributed by atoms with Crippen LogP contribution in [0.3, 0.4) is 0 Å². The van der Waals surface area contributed by atoms with Gasteiger partial charge < -0.3 is 15.2 Å². The fourth-order valence-electron chi connectivity index (χ4n) is 1.87. The first-order chi connectivity index (χ1) is 9.78. The molecule has 2 rings (SSSR count). The average Bonchev–Trinajstić information content (AvgIpc) is 2.52. The Kier molecular flexibility index (Phi) is 4.59. The number of nitriles is 1. The largest absolute Gasteiger partial charge is 0.493 e. The number of ether oxygens (including phenoxy) is 2. The first kappa shape index (κ1) is 13.9. The maximum atomic E-state index is 9.05. The monoisotopic (exact) mass is 268 g/mol. The van der Waals surface area contributed by atoms with Crippen LogP contribution in [0, 0.1) is 11.3 Å². The van der Waals surface area contributed by atoms with Gasteiger partial charge in [0.15, 0.2) is 11.5 Å². The first-order valence-corrected chi connectivity index (χ1v) is 6.26. The van der Waals surface area contributed by atoms with E-state index in [0.29, 0.717) is 30.2 Å². The Morgan fingerprint density at radius 2 is 1.95 bits per heavy atom. The molecule has 0 aliphatic heterocycles. The minimum Gasteiger partial charge on any atom is -0.493 e. The van der Waals surface area contributed by atoms with Crippen LogP contribution in [0.25, 0.3) is 0 Å². The van der Waals surface area contributed by atoms with E-state index in [1.165, 1.54) is 0 Å². The molecule has 4 nitrogen and oxygen atoms in total. The van der Waals surface area contributed by atoms with Crippen molar-refractivity contribution in [2.45, 2.75) is 13.2 Å². The Morgan fingerprint density at radius 3 is 2.65 bits per heavy atom. The van der Waals surface area contributed by atoms with Gasteiger partial charge >= 0.3 is 0 Å². The SMILES string of the molecule is COc1ccc(CN)cc1OCc1ccccc1C#N. The van der Waals surface area contributed by atoms with E-state index in [1.807, 2.05) is 36.4 Å². The van der Waals surface area contributed by atoms with E-state index in [1.54, 1.807) is 13.2 Å². The van der Waals surface area contributed by atoms with Gasteiger partial charge in [-0.15, -0.1) is 0 Å². The predicted molar refractivity (Wildman–Crippen MR) is 76.4 cm³/mol. The molecule has 0 fully saturated rings. The Bertz CT molecular complexity index is 633. The zero-order valence-electron chi connectivity index (χ0n) is 11.3. The highest BCUT2D eigenvalue weighted by Gasteiger charge is 2.07. The van der Waals surface area contributed by atoms with Crippen molar-refractivity contribution in [2.75, 3.05) is 7.11 Å². The molecular formula is C16H16N2O2. The summed E-state index contributed by atoms with van der Waals surface area (Å²) in [6.07, 6.45) is 0. The van der Waals surface area contributed by atoms with Crippen molar-refractivity contribution in [3.05, 3.63) is 59.2 Å². The maximum absolute atomic E-state index is 9.05. The third kappa shape index (κ3) is 3.08. The summed E-state index contributed by atoms with van der Waals surface area (Å²) in [5, 5.41) is 9.05. The van der Waals surface area contributed by atoms with Crippen molar-refractivity contribution in [3.8, 4) is 17.6 Å². The van der Waals surface area contributed by atoms with Crippen molar-refractivity contribution >= 4 is 0 Å². The van der Waals surface area contributed by atoms with E-state index in [4.69, 9.17) is 20.5 Å². The number of hydrogen-bond donors (Lipinski definition) is 1. The summed E-state index contributed by atoms with van der Waals surface area (Å²) in [4.78, 5) is 0. The zero-order chi connectivity index (χ0) is 14.4. The Hall–Kier alpha value is -2.51. The number of nitrogens with two attached hydrogens (primary N) is 1. The van der Waals surface area contributed by atoms with Crippen LogP contribution in [0.15, 0.2) is 42.5 Å². The van der Waals surface area contributed by atoms with E-state index in [-0.39, 0.29) is 0 Å². The lowest BCUT2D eigenvalue weighted by Crippen LogP contribution is -2.02. The molecule has 0 bridgehead atoms. The number of rotatable bonds is 5. The Morgan fingerprint density at radius 1 is 1.15 bits per heavy atom. The third-order valence-electron chi connectivity index (χ3n) is 2.98. The lowest BCUT2D eigenvalue weighted by molar-refractivity contribution is 0.284. The molecule has 0 saturated carbocycles. The number of benzene rings is 2. The molecule has 20 heavy (non-hydrogen) atoms. The molecule has 0 atom stereocenters. The molecular weight excluding hydrogens is 252 g/mol. The highest BCUT2D eigenvalue weighted by molar-refractivity contribution is 5.43. The van der Waals surface area contributed by atoms with E-state index in [0.717, 1.165) is 11.1 Å². The molecule has 0 aliphatic carbocycles. The predicted octanol–water partition coefficient (Wildman–Crippen LogP) is 2.60. The molecule has 0 radical (unpaired) electrons. The van der Waals surface area contributed by atoms with Gasteiger partial charge in [-0.05, 0) is 23.8 Å². The van der Waals surface area contributed by atoms with E-state index in [2.05, 4.69) is 6.07 Å². The number of hydrogen-bond acceptors (Lipinski definition) is 4. The van der Waals surface area contributed by atoms with Crippen molar-refractivity contribution in [3.63, 3.8) is 0 Å². The van der Waals surface area contributed by atoms with E-state index >= 15 is 0 Å². The van der Waals surface area contributed by atoms with E-state index < -0.39 is 0 Å². The zero-order valence-corrected chi connectivity index (χ0v) is 11.3. The molecule has 102 valence electrons. The molecule has 2 N–H and O–H groups in total. The second-order valence-electron chi connectivity index (χ2n) is 4.25. The van der Waals surface area contributed by atoms with Gasteiger partial charge in [0.05, 0.1) is 18.7 Å². The molecule has 0 saturated heterocycles. The quantitative estimate of drug-likeness (QED) is 0.905. The molecule has 0 aromatic heterocycles.